The van der Waals surface area contributed by atoms with E-state index in [0.717, 1.165) is 0 Å². The number of amides is 3. The van der Waals surface area contributed by atoms with Gasteiger partial charge in [-0.15, -0.1) is 10.2 Å². The van der Waals surface area contributed by atoms with Gasteiger partial charge in [-0.25, -0.2) is 4.79 Å². The summed E-state index contributed by atoms with van der Waals surface area (Å²) in [5, 5.41) is 24.1. The number of ether oxygens (including phenoxy) is 2. The van der Waals surface area contributed by atoms with Gasteiger partial charge in [-0.1, -0.05) is 11.6 Å². The standard InChI is InChI=1S/C24H20ClN5O5/c1-34-18-10-11-20-19(12-18)22(23(32)28-20)30-29-21(31)13-35-17-8-6-16(7-9-17)27-24(33)26-15-4-2-14(25)3-5-15/h2-12,28,32H,13H2,1H3,(H2,26,27,33). The van der Waals surface area contributed by atoms with Crippen LogP contribution in [0.4, 0.5) is 21.9 Å². The summed E-state index contributed by atoms with van der Waals surface area (Å²) in [7, 11) is 1.52. The molecule has 0 saturated heterocycles. The Hall–Kier alpha value is -4.57. The van der Waals surface area contributed by atoms with E-state index in [1.807, 2.05) is 0 Å². The van der Waals surface area contributed by atoms with E-state index < -0.39 is 11.9 Å². The van der Waals surface area contributed by atoms with Crippen LogP contribution in [0.5, 0.6) is 17.4 Å². The molecule has 1 heterocycles. The average Bonchev–Trinajstić information content (AvgIpc) is 3.17. The second kappa shape index (κ2) is 10.6. The molecule has 4 rings (SSSR count). The Balaban J connectivity index is 1.30. The minimum Gasteiger partial charge on any atom is -0.497 e. The Morgan fingerprint density at radius 3 is 2.26 bits per heavy atom. The third-order valence-electron chi connectivity index (χ3n) is 4.80. The molecule has 0 radical (unpaired) electrons. The number of halogens is 1. The van der Waals surface area contributed by atoms with Crippen LogP contribution in [0.1, 0.15) is 0 Å². The van der Waals surface area contributed by atoms with Crippen molar-refractivity contribution in [3.63, 3.8) is 0 Å². The number of aromatic amines is 1. The molecule has 3 aromatic carbocycles. The largest absolute Gasteiger partial charge is 0.497 e. The predicted octanol–water partition coefficient (Wildman–Crippen LogP) is 5.87. The van der Waals surface area contributed by atoms with Gasteiger partial charge in [-0.2, -0.15) is 0 Å². The first-order valence-corrected chi connectivity index (χ1v) is 10.7. The van der Waals surface area contributed by atoms with Crippen LogP contribution in [0.25, 0.3) is 10.9 Å². The number of nitrogens with one attached hydrogen (secondary N) is 3. The summed E-state index contributed by atoms with van der Waals surface area (Å²) < 4.78 is 10.6. The van der Waals surface area contributed by atoms with Crippen molar-refractivity contribution in [3.05, 3.63) is 71.8 Å². The molecule has 3 amide bonds. The molecule has 0 saturated carbocycles. The van der Waals surface area contributed by atoms with Gasteiger partial charge in [0.05, 0.1) is 12.6 Å². The lowest BCUT2D eigenvalue weighted by atomic mass is 10.2. The number of benzene rings is 3. The Morgan fingerprint density at radius 1 is 0.971 bits per heavy atom. The number of hydrogen-bond acceptors (Lipinski definition) is 6. The Morgan fingerprint density at radius 2 is 1.60 bits per heavy atom. The number of anilines is 2. The minimum atomic E-state index is -0.647. The molecule has 0 unspecified atom stereocenters. The molecule has 0 spiro atoms. The number of fused-ring (bicyclic) bond motifs is 1. The maximum atomic E-state index is 12.1. The fraction of sp³-hybridized carbons (Fsp3) is 0.0833. The van der Waals surface area contributed by atoms with Crippen LogP contribution < -0.4 is 20.1 Å². The van der Waals surface area contributed by atoms with Crippen LogP contribution in [-0.4, -0.2) is 35.7 Å². The maximum absolute atomic E-state index is 12.1. The second-order valence-corrected chi connectivity index (χ2v) is 7.66. The molecule has 4 N–H and O–H groups in total. The van der Waals surface area contributed by atoms with Crippen molar-refractivity contribution in [1.29, 1.82) is 0 Å². The number of aromatic nitrogens is 1. The average molecular weight is 494 g/mol. The first-order valence-electron chi connectivity index (χ1n) is 10.3. The van der Waals surface area contributed by atoms with Gasteiger partial charge in [0, 0.05) is 21.8 Å². The molecule has 0 aliphatic heterocycles. The Bertz CT molecular complexity index is 1380. The summed E-state index contributed by atoms with van der Waals surface area (Å²) in [5.74, 6) is 0.111. The van der Waals surface area contributed by atoms with Crippen LogP contribution in [0.2, 0.25) is 5.02 Å². The van der Waals surface area contributed by atoms with E-state index in [-0.39, 0.29) is 18.2 Å². The SMILES string of the molecule is COc1ccc2[nH]c(O)c(N=NC(=O)COc3ccc(NC(=O)Nc4ccc(Cl)cc4)cc3)c2c1. The fourth-order valence-corrected chi connectivity index (χ4v) is 3.24. The van der Waals surface area contributed by atoms with E-state index in [4.69, 9.17) is 21.1 Å². The lowest BCUT2D eigenvalue weighted by Gasteiger charge is -2.09. The zero-order chi connectivity index (χ0) is 24.8. The number of aromatic hydroxyl groups is 1. The third kappa shape index (κ3) is 6.06. The monoisotopic (exact) mass is 493 g/mol. The van der Waals surface area contributed by atoms with Gasteiger partial charge in [0.1, 0.15) is 11.5 Å². The van der Waals surface area contributed by atoms with Crippen molar-refractivity contribution in [2.45, 2.75) is 0 Å². The molecule has 1 aromatic heterocycles. The molecular formula is C24H20ClN5O5. The van der Waals surface area contributed by atoms with E-state index >= 15 is 0 Å². The molecule has 11 heteroatoms. The van der Waals surface area contributed by atoms with Gasteiger partial charge >= 0.3 is 11.9 Å². The first kappa shape index (κ1) is 23.6. The molecule has 4 aromatic rings. The number of rotatable bonds is 7. The number of hydrogen-bond donors (Lipinski definition) is 4. The highest BCUT2D eigenvalue weighted by molar-refractivity contribution is 6.30. The number of urea groups is 1. The zero-order valence-electron chi connectivity index (χ0n) is 18.4. The van der Waals surface area contributed by atoms with Crippen LogP contribution in [0.3, 0.4) is 0 Å². The quantitative estimate of drug-likeness (QED) is 0.238. The van der Waals surface area contributed by atoms with E-state index in [0.29, 0.717) is 38.8 Å². The lowest BCUT2D eigenvalue weighted by Crippen LogP contribution is -2.19. The maximum Gasteiger partial charge on any atom is 0.323 e. The fourth-order valence-electron chi connectivity index (χ4n) is 3.11. The van der Waals surface area contributed by atoms with Crippen LogP contribution in [0, 0.1) is 0 Å². The van der Waals surface area contributed by atoms with E-state index in [1.165, 1.54) is 7.11 Å². The summed E-state index contributed by atoms with van der Waals surface area (Å²) in [6.07, 6.45) is 0. The summed E-state index contributed by atoms with van der Waals surface area (Å²) in [5.41, 5.74) is 1.87. The highest BCUT2D eigenvalue weighted by Crippen LogP contribution is 2.37. The van der Waals surface area contributed by atoms with Crippen molar-refractivity contribution in [1.82, 2.24) is 4.98 Å². The summed E-state index contributed by atoms with van der Waals surface area (Å²) in [4.78, 5) is 27.0. The number of methoxy groups -OCH3 is 1. The van der Waals surface area contributed by atoms with Crippen molar-refractivity contribution in [3.8, 4) is 17.4 Å². The summed E-state index contributed by atoms with van der Waals surface area (Å²) in [6.45, 7) is -0.361. The first-order chi connectivity index (χ1) is 16.9. The van der Waals surface area contributed by atoms with E-state index in [1.54, 1.807) is 66.7 Å². The van der Waals surface area contributed by atoms with Gasteiger partial charge < -0.3 is 30.2 Å². The molecule has 10 nitrogen and oxygen atoms in total. The van der Waals surface area contributed by atoms with Crippen LogP contribution in [-0.2, 0) is 4.79 Å². The molecular weight excluding hydrogens is 474 g/mol. The molecule has 0 fully saturated rings. The Kier molecular flexibility index (Phi) is 7.12. The number of carbonyl (C=O) groups excluding carboxylic acids is 2. The molecule has 0 aliphatic carbocycles. The lowest BCUT2D eigenvalue weighted by molar-refractivity contribution is -0.120. The number of H-pyrrole nitrogens is 1. The third-order valence-corrected chi connectivity index (χ3v) is 5.05. The predicted molar refractivity (Wildman–Crippen MR) is 132 cm³/mol. The van der Waals surface area contributed by atoms with Crippen molar-refractivity contribution in [2.24, 2.45) is 10.2 Å². The number of nitrogens with zero attached hydrogens (tertiary/aromatic N) is 2. The smallest absolute Gasteiger partial charge is 0.323 e. The molecule has 0 atom stereocenters. The molecule has 178 valence electrons. The van der Waals surface area contributed by atoms with E-state index in [9.17, 15) is 14.7 Å². The van der Waals surface area contributed by atoms with Gasteiger partial charge in [0.2, 0.25) is 5.88 Å². The molecule has 0 aliphatic rings. The molecule has 0 bridgehead atoms. The normalized spacial score (nSPS) is 10.9. The Labute approximate surface area is 204 Å². The highest BCUT2D eigenvalue weighted by Gasteiger charge is 2.12. The summed E-state index contributed by atoms with van der Waals surface area (Å²) in [6, 6.07) is 17.9. The minimum absolute atomic E-state index is 0.125. The van der Waals surface area contributed by atoms with Crippen LogP contribution >= 0.6 is 11.6 Å². The number of azo groups is 1. The van der Waals surface area contributed by atoms with Gasteiger partial charge in [-0.3, -0.25) is 4.79 Å². The van der Waals surface area contributed by atoms with Gasteiger partial charge in [-0.05, 0) is 66.7 Å². The zero-order valence-corrected chi connectivity index (χ0v) is 19.2. The van der Waals surface area contributed by atoms with Gasteiger partial charge in [0.15, 0.2) is 12.3 Å². The van der Waals surface area contributed by atoms with Crippen LogP contribution in [0.15, 0.2) is 77.0 Å². The second-order valence-electron chi connectivity index (χ2n) is 7.23. The summed E-state index contributed by atoms with van der Waals surface area (Å²) >= 11 is 5.83. The highest BCUT2D eigenvalue weighted by atomic mass is 35.5. The van der Waals surface area contributed by atoms with Crippen molar-refractivity contribution < 1.29 is 24.2 Å². The molecule has 35 heavy (non-hydrogen) atoms. The van der Waals surface area contributed by atoms with E-state index in [2.05, 4.69) is 25.8 Å². The number of carbonyl (C=O) groups is 2. The van der Waals surface area contributed by atoms with Crippen molar-refractivity contribution >= 4 is 51.5 Å². The topological polar surface area (TPSA) is 137 Å². The van der Waals surface area contributed by atoms with Crippen molar-refractivity contribution in [2.75, 3.05) is 24.4 Å². The van der Waals surface area contributed by atoms with Gasteiger partial charge in [0.25, 0.3) is 0 Å².